The predicted molar refractivity (Wildman–Crippen MR) is 57.6 cm³/mol. The molecule has 2 N–H and O–H groups in total. The minimum Gasteiger partial charge on any atom is -0.497 e. The molecule has 0 amide bonds. The van der Waals surface area contributed by atoms with Gasteiger partial charge in [0.25, 0.3) is 0 Å². The van der Waals surface area contributed by atoms with Crippen molar-refractivity contribution in [2.45, 2.75) is 12.3 Å². The molecule has 1 aliphatic rings. The third-order valence-corrected chi connectivity index (χ3v) is 2.51. The van der Waals surface area contributed by atoms with Crippen molar-refractivity contribution in [1.82, 2.24) is 0 Å². The maximum Gasteiger partial charge on any atom is 0.119 e. The van der Waals surface area contributed by atoms with Gasteiger partial charge in [-0.3, -0.25) is 4.99 Å². The molecule has 0 fully saturated rings. The van der Waals surface area contributed by atoms with E-state index in [2.05, 4.69) is 4.99 Å². The number of ether oxygens (including phenoxy) is 1. The highest BCUT2D eigenvalue weighted by molar-refractivity contribution is 5.81. The summed E-state index contributed by atoms with van der Waals surface area (Å²) in [5.74, 6) is 1.25. The summed E-state index contributed by atoms with van der Waals surface area (Å²) in [5.41, 5.74) is 7.82. The Bertz CT molecular complexity index is 360. The molecule has 1 aliphatic heterocycles. The quantitative estimate of drug-likeness (QED) is 0.790. The molecule has 0 saturated heterocycles. The first-order valence-electron chi connectivity index (χ1n) is 4.77. The van der Waals surface area contributed by atoms with Gasteiger partial charge < -0.3 is 10.5 Å². The van der Waals surface area contributed by atoms with Crippen LogP contribution in [-0.4, -0.2) is 19.9 Å². The van der Waals surface area contributed by atoms with E-state index in [1.165, 1.54) is 5.56 Å². The van der Waals surface area contributed by atoms with E-state index in [-0.39, 0.29) is 0 Å². The molecule has 3 nitrogen and oxygen atoms in total. The van der Waals surface area contributed by atoms with Gasteiger partial charge >= 0.3 is 0 Å². The van der Waals surface area contributed by atoms with Crippen molar-refractivity contribution in [3.05, 3.63) is 23.8 Å². The van der Waals surface area contributed by atoms with Crippen LogP contribution in [0.25, 0.3) is 0 Å². The van der Waals surface area contributed by atoms with Crippen molar-refractivity contribution in [1.29, 1.82) is 0 Å². The summed E-state index contributed by atoms with van der Waals surface area (Å²) < 4.78 is 5.18. The van der Waals surface area contributed by atoms with Gasteiger partial charge in [0, 0.05) is 12.1 Å². The highest BCUT2D eigenvalue weighted by atomic mass is 16.5. The van der Waals surface area contributed by atoms with E-state index < -0.39 is 0 Å². The topological polar surface area (TPSA) is 47.6 Å². The molecule has 0 saturated carbocycles. The number of benzene rings is 1. The molecule has 2 rings (SSSR count). The van der Waals surface area contributed by atoms with Crippen LogP contribution in [0, 0.1) is 0 Å². The molecule has 0 aromatic heterocycles. The summed E-state index contributed by atoms with van der Waals surface area (Å²) in [5, 5.41) is 0. The fourth-order valence-electron chi connectivity index (χ4n) is 1.73. The molecule has 0 spiro atoms. The largest absolute Gasteiger partial charge is 0.497 e. The van der Waals surface area contributed by atoms with Crippen LogP contribution in [0.5, 0.6) is 5.75 Å². The Morgan fingerprint density at radius 3 is 3.07 bits per heavy atom. The van der Waals surface area contributed by atoms with Crippen LogP contribution in [0.3, 0.4) is 0 Å². The van der Waals surface area contributed by atoms with Crippen molar-refractivity contribution in [2.75, 3.05) is 13.7 Å². The Hall–Kier alpha value is -1.35. The number of hydrogen-bond acceptors (Lipinski definition) is 3. The lowest BCUT2D eigenvalue weighted by atomic mass is 9.98. The summed E-state index contributed by atoms with van der Waals surface area (Å²) in [4.78, 5) is 4.34. The van der Waals surface area contributed by atoms with Crippen LogP contribution in [0.2, 0.25) is 0 Å². The molecular formula is C11H14N2O. The van der Waals surface area contributed by atoms with Crippen LogP contribution in [0.15, 0.2) is 23.2 Å². The highest BCUT2D eigenvalue weighted by Gasteiger charge is 2.18. The average Bonchev–Trinajstić information content (AvgIpc) is 2.61. The van der Waals surface area contributed by atoms with Gasteiger partial charge in [-0.25, -0.2) is 0 Å². The zero-order valence-electron chi connectivity index (χ0n) is 8.23. The fourth-order valence-corrected chi connectivity index (χ4v) is 1.73. The zero-order chi connectivity index (χ0) is 9.97. The fraction of sp³-hybridized carbons (Fsp3) is 0.364. The second kappa shape index (κ2) is 3.80. The standard InChI is InChI=1S/C11H14N2O/c1-14-9-2-3-11-10(6-9)8(4-5-12)7-13-11/h2-3,6-8H,4-5,12H2,1H3. The van der Waals surface area contributed by atoms with Gasteiger partial charge in [-0.05, 0) is 36.7 Å². The second-order valence-corrected chi connectivity index (χ2v) is 3.39. The lowest BCUT2D eigenvalue weighted by Gasteiger charge is -2.08. The lowest BCUT2D eigenvalue weighted by molar-refractivity contribution is 0.414. The Balaban J connectivity index is 2.31. The summed E-state index contributed by atoms with van der Waals surface area (Å²) in [6.07, 6.45) is 2.92. The van der Waals surface area contributed by atoms with Crippen LogP contribution >= 0.6 is 0 Å². The van der Waals surface area contributed by atoms with Gasteiger partial charge in [-0.15, -0.1) is 0 Å². The number of nitrogens with two attached hydrogens (primary N) is 1. The number of nitrogens with zero attached hydrogens (tertiary/aromatic N) is 1. The van der Waals surface area contributed by atoms with Crippen molar-refractivity contribution >= 4 is 11.9 Å². The summed E-state index contributed by atoms with van der Waals surface area (Å²) in [6.45, 7) is 0.688. The number of fused-ring (bicyclic) bond motifs is 1. The molecule has 1 aromatic carbocycles. The van der Waals surface area contributed by atoms with Gasteiger partial charge in [0.15, 0.2) is 0 Å². The van der Waals surface area contributed by atoms with E-state index >= 15 is 0 Å². The zero-order valence-corrected chi connectivity index (χ0v) is 8.23. The number of rotatable bonds is 3. The monoisotopic (exact) mass is 190 g/mol. The average molecular weight is 190 g/mol. The van der Waals surface area contributed by atoms with Crippen LogP contribution in [0.4, 0.5) is 5.69 Å². The molecule has 0 radical (unpaired) electrons. The van der Waals surface area contributed by atoms with Gasteiger partial charge in [0.2, 0.25) is 0 Å². The third-order valence-electron chi connectivity index (χ3n) is 2.51. The lowest BCUT2D eigenvalue weighted by Crippen LogP contribution is -2.06. The number of methoxy groups -OCH3 is 1. The Kier molecular flexibility index (Phi) is 2.50. The highest BCUT2D eigenvalue weighted by Crippen LogP contribution is 2.36. The van der Waals surface area contributed by atoms with Crippen molar-refractivity contribution in [2.24, 2.45) is 10.7 Å². The molecule has 1 unspecified atom stereocenters. The molecule has 0 bridgehead atoms. The smallest absolute Gasteiger partial charge is 0.119 e. The van der Waals surface area contributed by atoms with Crippen molar-refractivity contribution in [3.63, 3.8) is 0 Å². The first kappa shape index (κ1) is 9.21. The van der Waals surface area contributed by atoms with Gasteiger partial charge in [0.1, 0.15) is 5.75 Å². The van der Waals surface area contributed by atoms with E-state index in [1.54, 1.807) is 7.11 Å². The van der Waals surface area contributed by atoms with Crippen molar-refractivity contribution < 1.29 is 4.74 Å². The van der Waals surface area contributed by atoms with E-state index in [4.69, 9.17) is 10.5 Å². The molecule has 14 heavy (non-hydrogen) atoms. The van der Waals surface area contributed by atoms with Gasteiger partial charge in [-0.2, -0.15) is 0 Å². The maximum atomic E-state index is 5.54. The van der Waals surface area contributed by atoms with Crippen LogP contribution in [-0.2, 0) is 0 Å². The summed E-state index contributed by atoms with van der Waals surface area (Å²) in [7, 11) is 1.68. The van der Waals surface area contributed by atoms with E-state index in [0.717, 1.165) is 17.9 Å². The molecular weight excluding hydrogens is 176 g/mol. The molecule has 1 heterocycles. The van der Waals surface area contributed by atoms with Crippen molar-refractivity contribution in [3.8, 4) is 5.75 Å². The minimum absolute atomic E-state index is 0.366. The predicted octanol–water partition coefficient (Wildman–Crippen LogP) is 1.84. The molecule has 1 aromatic rings. The minimum atomic E-state index is 0.366. The van der Waals surface area contributed by atoms with E-state index in [9.17, 15) is 0 Å². The summed E-state index contributed by atoms with van der Waals surface area (Å²) in [6, 6.07) is 5.96. The Morgan fingerprint density at radius 2 is 2.36 bits per heavy atom. The molecule has 0 aliphatic carbocycles. The molecule has 1 atom stereocenters. The maximum absolute atomic E-state index is 5.54. The molecule has 3 heteroatoms. The Morgan fingerprint density at radius 1 is 1.50 bits per heavy atom. The van der Waals surface area contributed by atoms with Crippen LogP contribution < -0.4 is 10.5 Å². The normalized spacial score (nSPS) is 18.3. The Labute approximate surface area is 83.6 Å². The number of hydrogen-bond donors (Lipinski definition) is 1. The van der Waals surface area contributed by atoms with Gasteiger partial charge in [-0.1, -0.05) is 0 Å². The first-order chi connectivity index (χ1) is 6.85. The second-order valence-electron chi connectivity index (χ2n) is 3.39. The number of aliphatic imine (C=N–C) groups is 1. The SMILES string of the molecule is COc1ccc2c(c1)C(CCN)C=N2. The van der Waals surface area contributed by atoms with E-state index in [0.29, 0.717) is 12.5 Å². The van der Waals surface area contributed by atoms with E-state index in [1.807, 2.05) is 24.4 Å². The van der Waals surface area contributed by atoms with Crippen LogP contribution in [0.1, 0.15) is 17.9 Å². The van der Waals surface area contributed by atoms with Gasteiger partial charge in [0.05, 0.1) is 12.8 Å². The molecule has 74 valence electrons. The summed E-state index contributed by atoms with van der Waals surface area (Å²) >= 11 is 0. The third kappa shape index (κ3) is 1.51. The first-order valence-corrected chi connectivity index (χ1v) is 4.77.